The van der Waals surface area contributed by atoms with E-state index in [-0.39, 0.29) is 6.09 Å². The van der Waals surface area contributed by atoms with Crippen LogP contribution >= 0.6 is 0 Å². The first-order chi connectivity index (χ1) is 5.15. The molecule has 0 saturated heterocycles. The predicted octanol–water partition coefficient (Wildman–Crippen LogP) is 1.72. The second-order valence-electron chi connectivity index (χ2n) is 2.50. The SMILES string of the molecule is COC(=O)n1cc(C)c(C)c1. The van der Waals surface area contributed by atoms with Gasteiger partial charge in [-0.2, -0.15) is 0 Å². The van der Waals surface area contributed by atoms with Crippen molar-refractivity contribution in [3.63, 3.8) is 0 Å². The van der Waals surface area contributed by atoms with Crippen LogP contribution < -0.4 is 0 Å². The third-order valence-electron chi connectivity index (χ3n) is 1.67. The summed E-state index contributed by atoms with van der Waals surface area (Å²) in [5.74, 6) is 0. The average molecular weight is 153 g/mol. The van der Waals surface area contributed by atoms with Crippen LogP contribution in [0, 0.1) is 13.8 Å². The van der Waals surface area contributed by atoms with Crippen molar-refractivity contribution in [2.24, 2.45) is 0 Å². The quantitative estimate of drug-likeness (QED) is 0.568. The van der Waals surface area contributed by atoms with Crippen molar-refractivity contribution in [3.05, 3.63) is 23.5 Å². The maximum absolute atomic E-state index is 10.9. The fraction of sp³-hybridized carbons (Fsp3) is 0.375. The molecule has 0 atom stereocenters. The maximum atomic E-state index is 10.9. The first-order valence-electron chi connectivity index (χ1n) is 3.38. The summed E-state index contributed by atoms with van der Waals surface area (Å²) in [5, 5.41) is 0. The molecule has 60 valence electrons. The molecule has 1 rings (SSSR count). The number of aryl methyl sites for hydroxylation is 2. The molecule has 0 N–H and O–H groups in total. The lowest BCUT2D eigenvalue weighted by Gasteiger charge is -1.96. The Morgan fingerprint density at radius 1 is 1.36 bits per heavy atom. The molecule has 0 radical (unpaired) electrons. The number of aromatic nitrogens is 1. The summed E-state index contributed by atoms with van der Waals surface area (Å²) in [6.07, 6.45) is 3.16. The fourth-order valence-corrected chi connectivity index (χ4v) is 0.869. The molecule has 0 aliphatic rings. The van der Waals surface area contributed by atoms with Crippen molar-refractivity contribution in [2.45, 2.75) is 13.8 Å². The van der Waals surface area contributed by atoms with Crippen LogP contribution in [0.2, 0.25) is 0 Å². The second kappa shape index (κ2) is 2.78. The van der Waals surface area contributed by atoms with Crippen LogP contribution in [0.5, 0.6) is 0 Å². The molecule has 1 heterocycles. The minimum atomic E-state index is -0.346. The molecule has 0 aliphatic carbocycles. The Morgan fingerprint density at radius 3 is 2.18 bits per heavy atom. The van der Waals surface area contributed by atoms with Gasteiger partial charge in [-0.25, -0.2) is 4.79 Å². The van der Waals surface area contributed by atoms with Crippen LogP contribution in [0.4, 0.5) is 4.79 Å². The lowest BCUT2D eigenvalue weighted by molar-refractivity contribution is 0.173. The van der Waals surface area contributed by atoms with Crippen LogP contribution in [0.15, 0.2) is 12.4 Å². The number of rotatable bonds is 0. The van der Waals surface area contributed by atoms with E-state index in [9.17, 15) is 4.79 Å². The molecule has 3 nitrogen and oxygen atoms in total. The third kappa shape index (κ3) is 1.42. The van der Waals surface area contributed by atoms with Crippen molar-refractivity contribution >= 4 is 6.09 Å². The van der Waals surface area contributed by atoms with Gasteiger partial charge in [0.25, 0.3) is 0 Å². The van der Waals surface area contributed by atoms with Gasteiger partial charge >= 0.3 is 6.09 Å². The Morgan fingerprint density at radius 2 is 1.82 bits per heavy atom. The van der Waals surface area contributed by atoms with Gasteiger partial charge in [-0.1, -0.05) is 0 Å². The van der Waals surface area contributed by atoms with Crippen molar-refractivity contribution in [3.8, 4) is 0 Å². The Kier molecular flexibility index (Phi) is 1.98. The first kappa shape index (κ1) is 7.85. The number of ether oxygens (including phenoxy) is 1. The normalized spacial score (nSPS) is 9.73. The van der Waals surface area contributed by atoms with E-state index in [0.29, 0.717) is 0 Å². The predicted molar refractivity (Wildman–Crippen MR) is 41.7 cm³/mol. The highest BCUT2D eigenvalue weighted by Crippen LogP contribution is 2.07. The highest BCUT2D eigenvalue weighted by molar-refractivity contribution is 5.70. The monoisotopic (exact) mass is 153 g/mol. The lowest BCUT2D eigenvalue weighted by Crippen LogP contribution is -2.08. The van der Waals surface area contributed by atoms with Crippen LogP contribution in [0.25, 0.3) is 0 Å². The molecule has 0 amide bonds. The lowest BCUT2D eigenvalue weighted by atomic mass is 10.2. The number of methoxy groups -OCH3 is 1. The number of hydrogen-bond donors (Lipinski definition) is 0. The Balaban J connectivity index is 2.97. The van der Waals surface area contributed by atoms with Crippen molar-refractivity contribution in [2.75, 3.05) is 7.11 Å². The Bertz CT molecular complexity index is 256. The molecule has 0 aromatic carbocycles. The largest absolute Gasteiger partial charge is 0.452 e. The van der Waals surface area contributed by atoms with E-state index in [1.54, 1.807) is 12.4 Å². The topological polar surface area (TPSA) is 31.2 Å². The number of carbonyl (C=O) groups is 1. The number of nitrogens with zero attached hydrogens (tertiary/aromatic N) is 1. The van der Waals surface area contributed by atoms with Crippen LogP contribution in [-0.2, 0) is 4.74 Å². The molecule has 1 aromatic rings. The zero-order valence-electron chi connectivity index (χ0n) is 6.92. The van der Waals surface area contributed by atoms with Crippen LogP contribution in [0.3, 0.4) is 0 Å². The van der Waals surface area contributed by atoms with Gasteiger partial charge in [0.1, 0.15) is 0 Å². The summed E-state index contributed by atoms with van der Waals surface area (Å²) in [5.41, 5.74) is 2.19. The third-order valence-corrected chi connectivity index (χ3v) is 1.67. The molecule has 0 saturated carbocycles. The van der Waals surface area contributed by atoms with E-state index in [1.807, 2.05) is 13.8 Å². The molecular formula is C8H11NO2. The zero-order valence-corrected chi connectivity index (χ0v) is 6.92. The Labute approximate surface area is 65.6 Å². The summed E-state index contributed by atoms with van der Waals surface area (Å²) in [7, 11) is 1.37. The fourth-order valence-electron chi connectivity index (χ4n) is 0.869. The average Bonchev–Trinajstić information content (AvgIpc) is 2.31. The molecule has 0 aliphatic heterocycles. The molecule has 0 bridgehead atoms. The molecule has 11 heavy (non-hydrogen) atoms. The number of carbonyl (C=O) groups excluding carboxylic acids is 1. The summed E-state index contributed by atoms with van der Waals surface area (Å²) in [6.45, 7) is 3.91. The van der Waals surface area contributed by atoms with Gasteiger partial charge < -0.3 is 4.74 Å². The smallest absolute Gasteiger partial charge is 0.417 e. The molecule has 0 fully saturated rings. The van der Waals surface area contributed by atoms with Gasteiger partial charge in [0.2, 0.25) is 0 Å². The van der Waals surface area contributed by atoms with Gasteiger partial charge in [-0.15, -0.1) is 0 Å². The molecule has 0 spiro atoms. The minimum Gasteiger partial charge on any atom is -0.452 e. The van der Waals surface area contributed by atoms with Gasteiger partial charge in [-0.3, -0.25) is 4.57 Å². The van der Waals surface area contributed by atoms with E-state index in [1.165, 1.54) is 11.7 Å². The summed E-state index contributed by atoms with van der Waals surface area (Å²) in [6, 6.07) is 0. The van der Waals surface area contributed by atoms with Crippen molar-refractivity contribution < 1.29 is 9.53 Å². The van der Waals surface area contributed by atoms with Crippen molar-refractivity contribution in [1.82, 2.24) is 4.57 Å². The molecule has 0 unspecified atom stereocenters. The molecule has 1 aromatic heterocycles. The van der Waals surface area contributed by atoms with Gasteiger partial charge in [0.05, 0.1) is 7.11 Å². The first-order valence-corrected chi connectivity index (χ1v) is 3.38. The van der Waals surface area contributed by atoms with Gasteiger partial charge in [0.15, 0.2) is 0 Å². The number of hydrogen-bond acceptors (Lipinski definition) is 2. The van der Waals surface area contributed by atoms with E-state index < -0.39 is 0 Å². The van der Waals surface area contributed by atoms with Crippen molar-refractivity contribution in [1.29, 1.82) is 0 Å². The zero-order chi connectivity index (χ0) is 8.43. The molecular weight excluding hydrogens is 142 g/mol. The van der Waals surface area contributed by atoms with E-state index in [4.69, 9.17) is 0 Å². The highest BCUT2D eigenvalue weighted by Gasteiger charge is 2.04. The standard InChI is InChI=1S/C8H11NO2/c1-6-4-9(5-7(6)2)8(10)11-3/h4-5H,1-3H3. The second-order valence-corrected chi connectivity index (χ2v) is 2.50. The minimum absolute atomic E-state index is 0.346. The Hall–Kier alpha value is -1.25. The van der Waals surface area contributed by atoms with E-state index in [0.717, 1.165) is 11.1 Å². The van der Waals surface area contributed by atoms with Gasteiger partial charge in [0, 0.05) is 12.4 Å². The van der Waals surface area contributed by atoms with E-state index >= 15 is 0 Å². The summed E-state index contributed by atoms with van der Waals surface area (Å²) < 4.78 is 5.96. The highest BCUT2D eigenvalue weighted by atomic mass is 16.5. The van der Waals surface area contributed by atoms with Gasteiger partial charge in [-0.05, 0) is 25.0 Å². The van der Waals surface area contributed by atoms with Crippen LogP contribution in [0.1, 0.15) is 11.1 Å². The van der Waals surface area contributed by atoms with Crippen LogP contribution in [-0.4, -0.2) is 17.8 Å². The summed E-state index contributed by atoms with van der Waals surface area (Å²) >= 11 is 0. The van der Waals surface area contributed by atoms with E-state index in [2.05, 4.69) is 4.74 Å². The molecule has 3 heteroatoms. The maximum Gasteiger partial charge on any atom is 0.417 e. The summed E-state index contributed by atoms with van der Waals surface area (Å²) in [4.78, 5) is 10.9.